The molecule has 0 atom stereocenters. The van der Waals surface area contributed by atoms with E-state index in [1.807, 2.05) is 36.4 Å². The summed E-state index contributed by atoms with van der Waals surface area (Å²) in [5.74, 6) is -0.110. The first-order valence-electron chi connectivity index (χ1n) is 8.34. The van der Waals surface area contributed by atoms with E-state index in [1.165, 1.54) is 11.1 Å². The van der Waals surface area contributed by atoms with Gasteiger partial charge in [-0.05, 0) is 43.2 Å². The lowest BCUT2D eigenvalue weighted by atomic mass is 10.0. The topological polar surface area (TPSA) is 51.2 Å². The van der Waals surface area contributed by atoms with E-state index in [2.05, 4.69) is 31.3 Å². The van der Waals surface area contributed by atoms with Gasteiger partial charge in [-0.25, -0.2) is 4.98 Å². The molecule has 0 aliphatic rings. The Morgan fingerprint density at radius 3 is 2.64 bits per heavy atom. The summed E-state index contributed by atoms with van der Waals surface area (Å²) in [6.45, 7) is 5.13. The largest absolute Gasteiger partial charge is 0.383 e. The molecule has 0 fully saturated rings. The lowest BCUT2D eigenvalue weighted by Gasteiger charge is -2.11. The fourth-order valence-electron chi connectivity index (χ4n) is 2.77. The summed E-state index contributed by atoms with van der Waals surface area (Å²) in [5.41, 5.74) is 5.71. The molecule has 0 unspecified atom stereocenters. The second kappa shape index (κ2) is 7.45. The highest BCUT2D eigenvalue weighted by molar-refractivity contribution is 6.07. The number of methoxy groups -OCH3 is 1. The number of carbonyl (C=O) groups excluding carboxylic acids is 1. The zero-order valence-corrected chi connectivity index (χ0v) is 14.8. The highest BCUT2D eigenvalue weighted by Crippen LogP contribution is 2.26. The maximum atomic E-state index is 12.6. The van der Waals surface area contributed by atoms with Gasteiger partial charge in [0.15, 0.2) is 0 Å². The van der Waals surface area contributed by atoms with Gasteiger partial charge in [0, 0.05) is 24.6 Å². The molecule has 3 rings (SSSR count). The van der Waals surface area contributed by atoms with Gasteiger partial charge in [0.25, 0.3) is 5.91 Å². The number of aryl methyl sites for hydroxylation is 2. The van der Waals surface area contributed by atoms with E-state index >= 15 is 0 Å². The first-order valence-corrected chi connectivity index (χ1v) is 8.34. The van der Waals surface area contributed by atoms with Crippen molar-refractivity contribution in [3.63, 3.8) is 0 Å². The van der Waals surface area contributed by atoms with Crippen LogP contribution in [0.2, 0.25) is 0 Å². The van der Waals surface area contributed by atoms with Gasteiger partial charge >= 0.3 is 0 Å². The van der Waals surface area contributed by atoms with Crippen molar-refractivity contribution in [3.05, 3.63) is 65.2 Å². The Labute approximate surface area is 147 Å². The van der Waals surface area contributed by atoms with Crippen molar-refractivity contribution >= 4 is 16.8 Å². The maximum absolute atomic E-state index is 12.6. The number of aromatic nitrogens is 1. The lowest BCUT2D eigenvalue weighted by Crippen LogP contribution is -2.27. The molecule has 128 valence electrons. The van der Waals surface area contributed by atoms with E-state index in [4.69, 9.17) is 9.72 Å². The zero-order chi connectivity index (χ0) is 17.8. The van der Waals surface area contributed by atoms with Crippen LogP contribution in [0.25, 0.3) is 22.2 Å². The number of nitrogens with zero attached hydrogens (tertiary/aromatic N) is 1. The number of benzene rings is 2. The van der Waals surface area contributed by atoms with Gasteiger partial charge in [-0.3, -0.25) is 4.79 Å². The van der Waals surface area contributed by atoms with E-state index in [0.717, 1.165) is 22.2 Å². The first kappa shape index (κ1) is 17.1. The third-order valence-electron chi connectivity index (χ3n) is 4.36. The van der Waals surface area contributed by atoms with E-state index in [-0.39, 0.29) is 5.91 Å². The molecule has 2 aromatic carbocycles. The van der Waals surface area contributed by atoms with Crippen molar-refractivity contribution in [1.82, 2.24) is 10.3 Å². The predicted octanol–water partition coefficient (Wildman–Crippen LogP) is 3.89. The van der Waals surface area contributed by atoms with Crippen LogP contribution in [0.5, 0.6) is 0 Å². The summed E-state index contributed by atoms with van der Waals surface area (Å²) >= 11 is 0. The quantitative estimate of drug-likeness (QED) is 0.720. The molecule has 0 bridgehead atoms. The molecular weight excluding hydrogens is 312 g/mol. The van der Waals surface area contributed by atoms with E-state index in [9.17, 15) is 4.79 Å². The summed E-state index contributed by atoms with van der Waals surface area (Å²) in [6.07, 6.45) is 0. The molecule has 0 radical (unpaired) electrons. The van der Waals surface area contributed by atoms with Crippen molar-refractivity contribution in [2.75, 3.05) is 20.3 Å². The number of nitrogens with one attached hydrogen (secondary N) is 1. The molecule has 1 aromatic heterocycles. The van der Waals surface area contributed by atoms with Crippen molar-refractivity contribution in [3.8, 4) is 11.3 Å². The Morgan fingerprint density at radius 1 is 1.08 bits per heavy atom. The molecule has 1 N–H and O–H groups in total. The minimum Gasteiger partial charge on any atom is -0.383 e. The molecule has 0 aliphatic carbocycles. The Morgan fingerprint density at radius 2 is 1.88 bits per heavy atom. The number of pyridine rings is 1. The smallest absolute Gasteiger partial charge is 0.252 e. The van der Waals surface area contributed by atoms with Crippen molar-refractivity contribution in [2.24, 2.45) is 0 Å². The Bertz CT molecular complexity index is 919. The SMILES string of the molecule is COCCNC(=O)c1cc(-c2ccc(C)c(C)c2)nc2ccccc12. The molecule has 25 heavy (non-hydrogen) atoms. The highest BCUT2D eigenvalue weighted by atomic mass is 16.5. The van der Waals surface area contributed by atoms with Crippen LogP contribution in [0, 0.1) is 13.8 Å². The van der Waals surface area contributed by atoms with E-state index < -0.39 is 0 Å². The van der Waals surface area contributed by atoms with Gasteiger partial charge in [-0.1, -0.05) is 30.3 Å². The van der Waals surface area contributed by atoms with Crippen LogP contribution >= 0.6 is 0 Å². The molecule has 0 spiro atoms. The maximum Gasteiger partial charge on any atom is 0.252 e. The number of hydrogen-bond acceptors (Lipinski definition) is 3. The average Bonchev–Trinajstić information content (AvgIpc) is 2.63. The lowest BCUT2D eigenvalue weighted by molar-refractivity contribution is 0.0938. The predicted molar refractivity (Wildman–Crippen MR) is 101 cm³/mol. The second-order valence-corrected chi connectivity index (χ2v) is 6.12. The van der Waals surface area contributed by atoms with Crippen LogP contribution in [0.3, 0.4) is 0 Å². The Kier molecular flexibility index (Phi) is 5.10. The molecule has 0 aliphatic heterocycles. The molecule has 3 aromatic rings. The van der Waals surface area contributed by atoms with Crippen LogP contribution in [-0.2, 0) is 4.74 Å². The molecule has 4 heteroatoms. The molecule has 1 amide bonds. The van der Waals surface area contributed by atoms with Crippen molar-refractivity contribution in [2.45, 2.75) is 13.8 Å². The van der Waals surface area contributed by atoms with Crippen LogP contribution in [0.4, 0.5) is 0 Å². The van der Waals surface area contributed by atoms with Gasteiger partial charge in [0.05, 0.1) is 23.4 Å². The average molecular weight is 334 g/mol. The van der Waals surface area contributed by atoms with Crippen LogP contribution in [0.15, 0.2) is 48.5 Å². The summed E-state index contributed by atoms with van der Waals surface area (Å²) in [6, 6.07) is 15.8. The number of rotatable bonds is 5. The van der Waals surface area contributed by atoms with Gasteiger partial charge in [-0.15, -0.1) is 0 Å². The molecule has 0 saturated carbocycles. The minimum atomic E-state index is -0.110. The van der Waals surface area contributed by atoms with Gasteiger partial charge in [0.2, 0.25) is 0 Å². The number of hydrogen-bond donors (Lipinski definition) is 1. The van der Waals surface area contributed by atoms with Crippen LogP contribution in [-0.4, -0.2) is 31.2 Å². The van der Waals surface area contributed by atoms with Gasteiger partial charge in [-0.2, -0.15) is 0 Å². The van der Waals surface area contributed by atoms with Gasteiger partial charge in [0.1, 0.15) is 0 Å². The first-order chi connectivity index (χ1) is 12.1. The fraction of sp³-hybridized carbons (Fsp3) is 0.238. The van der Waals surface area contributed by atoms with Crippen molar-refractivity contribution in [1.29, 1.82) is 0 Å². The second-order valence-electron chi connectivity index (χ2n) is 6.12. The summed E-state index contributed by atoms with van der Waals surface area (Å²) in [4.78, 5) is 17.4. The third kappa shape index (κ3) is 3.69. The number of amides is 1. The normalized spacial score (nSPS) is 10.8. The van der Waals surface area contributed by atoms with Crippen molar-refractivity contribution < 1.29 is 9.53 Å². The third-order valence-corrected chi connectivity index (χ3v) is 4.36. The monoisotopic (exact) mass is 334 g/mol. The number of para-hydroxylation sites is 1. The minimum absolute atomic E-state index is 0.110. The molecule has 4 nitrogen and oxygen atoms in total. The summed E-state index contributed by atoms with van der Waals surface area (Å²) < 4.78 is 5.01. The Balaban J connectivity index is 2.08. The standard InChI is InChI=1S/C21H22N2O2/c1-14-8-9-16(12-15(14)2)20-13-18(21(24)22-10-11-25-3)17-6-4-5-7-19(17)23-20/h4-9,12-13H,10-11H2,1-3H3,(H,22,24). The molecule has 1 heterocycles. The number of fused-ring (bicyclic) bond motifs is 1. The van der Waals surface area contributed by atoms with E-state index in [1.54, 1.807) is 7.11 Å². The number of ether oxygens (including phenoxy) is 1. The highest BCUT2D eigenvalue weighted by Gasteiger charge is 2.13. The van der Waals surface area contributed by atoms with Crippen LogP contribution in [0.1, 0.15) is 21.5 Å². The molecular formula is C21H22N2O2. The Hall–Kier alpha value is -2.72. The van der Waals surface area contributed by atoms with E-state index in [0.29, 0.717) is 18.7 Å². The molecule has 0 saturated heterocycles. The van der Waals surface area contributed by atoms with Gasteiger partial charge < -0.3 is 10.1 Å². The zero-order valence-electron chi connectivity index (χ0n) is 14.8. The summed E-state index contributed by atoms with van der Waals surface area (Å²) in [5, 5.41) is 3.75. The fourth-order valence-corrected chi connectivity index (χ4v) is 2.77. The van der Waals surface area contributed by atoms with Crippen LogP contribution < -0.4 is 5.32 Å². The summed E-state index contributed by atoms with van der Waals surface area (Å²) in [7, 11) is 1.62. The number of carbonyl (C=O) groups is 1.